The van der Waals surface area contributed by atoms with E-state index in [2.05, 4.69) is 10.3 Å². The molecule has 5 nitrogen and oxygen atoms in total. The molecule has 15 heavy (non-hydrogen) atoms. The Balaban J connectivity index is 2.21. The van der Waals surface area contributed by atoms with Crippen LogP contribution < -0.4 is 5.32 Å². The third kappa shape index (κ3) is 1.61. The summed E-state index contributed by atoms with van der Waals surface area (Å²) in [5, 5.41) is 4.97. The molecule has 0 atom stereocenters. The highest BCUT2D eigenvalue weighted by Crippen LogP contribution is 2.23. The van der Waals surface area contributed by atoms with Crippen molar-refractivity contribution in [2.45, 2.75) is 25.9 Å². The Morgan fingerprint density at radius 2 is 2.27 bits per heavy atom. The smallest absolute Gasteiger partial charge is 0.304 e. The monoisotopic (exact) mass is 225 g/mol. The van der Waals surface area contributed by atoms with Gasteiger partial charge in [0.05, 0.1) is 6.54 Å². The van der Waals surface area contributed by atoms with Crippen molar-refractivity contribution < 1.29 is 9.59 Å². The lowest BCUT2D eigenvalue weighted by Gasteiger charge is -2.26. The Kier molecular flexibility index (Phi) is 2.22. The van der Waals surface area contributed by atoms with Gasteiger partial charge in [0.2, 0.25) is 0 Å². The van der Waals surface area contributed by atoms with Gasteiger partial charge in [-0.15, -0.1) is 11.3 Å². The molecule has 2 heterocycles. The predicted molar refractivity (Wildman–Crippen MR) is 55.3 cm³/mol. The highest BCUT2D eigenvalue weighted by Gasteiger charge is 2.45. The molecule has 2 rings (SSSR count). The predicted octanol–water partition coefficient (Wildman–Crippen LogP) is 0.973. The quantitative estimate of drug-likeness (QED) is 0.763. The second-order valence-corrected chi connectivity index (χ2v) is 4.81. The summed E-state index contributed by atoms with van der Waals surface area (Å²) < 4.78 is 0. The molecule has 0 spiro atoms. The molecular formula is C9H11N3O2S. The van der Waals surface area contributed by atoms with Crippen LogP contribution in [0.5, 0.6) is 0 Å². The lowest BCUT2D eigenvalue weighted by molar-refractivity contribution is -0.125. The van der Waals surface area contributed by atoms with Crippen LogP contribution in [0.1, 0.15) is 18.9 Å². The first-order chi connectivity index (χ1) is 7.01. The Bertz CT molecular complexity index is 399. The highest BCUT2D eigenvalue weighted by molar-refractivity contribution is 7.09. The first kappa shape index (κ1) is 10.1. The molecule has 1 N–H and O–H groups in total. The SMILES string of the molecule is CC1(C)C(=O)NC(=O)N1Cc1nccs1. The van der Waals surface area contributed by atoms with E-state index in [0.717, 1.165) is 5.01 Å². The molecule has 1 aromatic rings. The summed E-state index contributed by atoms with van der Waals surface area (Å²) in [5.74, 6) is -0.260. The molecule has 0 aliphatic carbocycles. The minimum absolute atomic E-state index is 0.260. The van der Waals surface area contributed by atoms with E-state index in [0.29, 0.717) is 6.54 Å². The number of nitrogens with one attached hydrogen (secondary N) is 1. The molecule has 0 saturated carbocycles. The molecule has 0 unspecified atom stereocenters. The topological polar surface area (TPSA) is 62.3 Å². The Labute approximate surface area is 91.1 Å². The molecule has 1 fully saturated rings. The van der Waals surface area contributed by atoms with Crippen LogP contribution in [0.25, 0.3) is 0 Å². The Morgan fingerprint density at radius 1 is 1.53 bits per heavy atom. The average Bonchev–Trinajstić information content (AvgIpc) is 2.70. The molecule has 80 valence electrons. The number of hydrogen-bond acceptors (Lipinski definition) is 4. The maximum atomic E-state index is 11.5. The lowest BCUT2D eigenvalue weighted by atomic mass is 10.1. The third-order valence-corrected chi connectivity index (χ3v) is 3.24. The molecule has 0 aromatic carbocycles. The van der Waals surface area contributed by atoms with E-state index in [9.17, 15) is 9.59 Å². The van der Waals surface area contributed by atoms with E-state index in [1.165, 1.54) is 16.2 Å². The van der Waals surface area contributed by atoms with Crippen LogP contribution in [-0.4, -0.2) is 27.4 Å². The van der Waals surface area contributed by atoms with Crippen molar-refractivity contribution in [3.05, 3.63) is 16.6 Å². The maximum Gasteiger partial charge on any atom is 0.325 e. The van der Waals surface area contributed by atoms with Gasteiger partial charge in [-0.2, -0.15) is 0 Å². The molecule has 3 amide bonds. The van der Waals surface area contributed by atoms with E-state index >= 15 is 0 Å². The van der Waals surface area contributed by atoms with Gasteiger partial charge in [0.15, 0.2) is 0 Å². The average molecular weight is 225 g/mol. The van der Waals surface area contributed by atoms with Gasteiger partial charge >= 0.3 is 6.03 Å². The normalized spacial score (nSPS) is 19.5. The molecule has 0 bridgehead atoms. The van der Waals surface area contributed by atoms with Crippen LogP contribution in [0.2, 0.25) is 0 Å². The van der Waals surface area contributed by atoms with Crippen LogP contribution in [0.3, 0.4) is 0 Å². The van der Waals surface area contributed by atoms with Gasteiger partial charge in [0.1, 0.15) is 10.5 Å². The summed E-state index contributed by atoms with van der Waals surface area (Å²) in [7, 11) is 0. The number of urea groups is 1. The van der Waals surface area contributed by atoms with Crippen molar-refractivity contribution >= 4 is 23.3 Å². The molecule has 1 saturated heterocycles. The molecular weight excluding hydrogens is 214 g/mol. The van der Waals surface area contributed by atoms with Crippen molar-refractivity contribution in [1.29, 1.82) is 0 Å². The zero-order valence-corrected chi connectivity index (χ0v) is 9.30. The van der Waals surface area contributed by atoms with Gasteiger partial charge < -0.3 is 4.90 Å². The van der Waals surface area contributed by atoms with Crippen molar-refractivity contribution in [2.75, 3.05) is 0 Å². The third-order valence-electron chi connectivity index (χ3n) is 2.47. The minimum atomic E-state index is -0.789. The summed E-state index contributed by atoms with van der Waals surface area (Å²) in [5.41, 5.74) is -0.789. The molecule has 0 radical (unpaired) electrons. The fourth-order valence-corrected chi connectivity index (χ4v) is 2.03. The van der Waals surface area contributed by atoms with Crippen molar-refractivity contribution in [3.8, 4) is 0 Å². The number of carbonyl (C=O) groups is 2. The lowest BCUT2D eigenvalue weighted by Crippen LogP contribution is -2.43. The van der Waals surface area contributed by atoms with Gasteiger partial charge in [-0.1, -0.05) is 0 Å². The zero-order chi connectivity index (χ0) is 11.1. The number of thiazole rings is 1. The fourth-order valence-electron chi connectivity index (χ4n) is 1.43. The number of nitrogens with zero attached hydrogens (tertiary/aromatic N) is 2. The summed E-state index contributed by atoms with van der Waals surface area (Å²) in [6, 6.07) is -0.347. The fraction of sp³-hybridized carbons (Fsp3) is 0.444. The summed E-state index contributed by atoms with van der Waals surface area (Å²) in [6.45, 7) is 3.82. The second kappa shape index (κ2) is 3.30. The summed E-state index contributed by atoms with van der Waals surface area (Å²) >= 11 is 1.47. The van der Waals surface area contributed by atoms with E-state index in [-0.39, 0.29) is 11.9 Å². The van der Waals surface area contributed by atoms with Crippen LogP contribution in [-0.2, 0) is 11.3 Å². The number of rotatable bonds is 2. The van der Waals surface area contributed by atoms with E-state index in [1.54, 1.807) is 20.0 Å². The maximum absolute atomic E-state index is 11.5. The van der Waals surface area contributed by atoms with Crippen LogP contribution >= 0.6 is 11.3 Å². The zero-order valence-electron chi connectivity index (χ0n) is 8.48. The van der Waals surface area contributed by atoms with E-state index in [1.807, 2.05) is 5.38 Å². The van der Waals surface area contributed by atoms with Gasteiger partial charge in [-0.3, -0.25) is 10.1 Å². The van der Waals surface area contributed by atoms with E-state index in [4.69, 9.17) is 0 Å². The van der Waals surface area contributed by atoms with Gasteiger partial charge in [-0.05, 0) is 13.8 Å². The van der Waals surface area contributed by atoms with Crippen molar-refractivity contribution in [1.82, 2.24) is 15.2 Å². The first-order valence-electron chi connectivity index (χ1n) is 4.53. The van der Waals surface area contributed by atoms with E-state index < -0.39 is 5.54 Å². The first-order valence-corrected chi connectivity index (χ1v) is 5.41. The second-order valence-electron chi connectivity index (χ2n) is 3.83. The molecule has 6 heteroatoms. The number of carbonyl (C=O) groups excluding carboxylic acids is 2. The van der Waals surface area contributed by atoms with Gasteiger partial charge in [-0.25, -0.2) is 9.78 Å². The van der Waals surface area contributed by atoms with Crippen LogP contribution in [0.15, 0.2) is 11.6 Å². The molecule has 1 aliphatic heterocycles. The molecule has 1 aromatic heterocycles. The number of aromatic nitrogens is 1. The van der Waals surface area contributed by atoms with Crippen LogP contribution in [0.4, 0.5) is 4.79 Å². The number of amides is 3. The molecule has 1 aliphatic rings. The number of imide groups is 1. The summed E-state index contributed by atoms with van der Waals surface area (Å²) in [6.07, 6.45) is 1.68. The van der Waals surface area contributed by atoms with Gasteiger partial charge in [0, 0.05) is 11.6 Å². The van der Waals surface area contributed by atoms with Crippen molar-refractivity contribution in [3.63, 3.8) is 0 Å². The number of hydrogen-bond donors (Lipinski definition) is 1. The Hall–Kier alpha value is -1.43. The standard InChI is InChI=1S/C9H11N3O2S/c1-9(2)7(13)11-8(14)12(9)5-6-10-3-4-15-6/h3-4H,5H2,1-2H3,(H,11,13,14). The minimum Gasteiger partial charge on any atom is -0.304 e. The van der Waals surface area contributed by atoms with Gasteiger partial charge in [0.25, 0.3) is 5.91 Å². The Morgan fingerprint density at radius 3 is 2.73 bits per heavy atom. The summed E-state index contributed by atoms with van der Waals surface area (Å²) in [4.78, 5) is 28.5. The highest BCUT2D eigenvalue weighted by atomic mass is 32.1. The largest absolute Gasteiger partial charge is 0.325 e. The van der Waals surface area contributed by atoms with Crippen molar-refractivity contribution in [2.24, 2.45) is 0 Å². The van der Waals surface area contributed by atoms with Crippen LogP contribution in [0, 0.1) is 0 Å².